The average molecular weight is 202 g/mol. The second kappa shape index (κ2) is 7.32. The zero-order chi connectivity index (χ0) is 11.0. The van der Waals surface area contributed by atoms with Gasteiger partial charge in [0.25, 0.3) is 0 Å². The maximum absolute atomic E-state index is 11.3. The lowest BCUT2D eigenvalue weighted by Gasteiger charge is -2.11. The predicted octanol–water partition coefficient (Wildman–Crippen LogP) is -0.349. The Labute approximate surface area is 84.0 Å². The van der Waals surface area contributed by atoms with Gasteiger partial charge in [-0.1, -0.05) is 6.92 Å². The monoisotopic (exact) mass is 202 g/mol. The van der Waals surface area contributed by atoms with E-state index >= 15 is 0 Å². The minimum atomic E-state index is -0.328. The molecule has 82 valence electrons. The van der Waals surface area contributed by atoms with Gasteiger partial charge in [-0.15, -0.1) is 0 Å². The van der Waals surface area contributed by atoms with Gasteiger partial charge in [0.15, 0.2) is 0 Å². The topological polar surface area (TPSA) is 81.4 Å². The first-order chi connectivity index (χ1) is 6.65. The van der Waals surface area contributed by atoms with Crippen LogP contribution in [0.3, 0.4) is 0 Å². The number of nitrogens with two attached hydrogens (primary N) is 1. The number of nitrogens with one attached hydrogen (secondary N) is 1. The highest BCUT2D eigenvalue weighted by atomic mass is 16.5. The van der Waals surface area contributed by atoms with Gasteiger partial charge in [0, 0.05) is 19.0 Å². The summed E-state index contributed by atoms with van der Waals surface area (Å²) in [5.74, 6) is -0.586. The molecular weight excluding hydrogens is 184 g/mol. The summed E-state index contributed by atoms with van der Waals surface area (Å²) in [5.41, 5.74) is 5.39. The normalized spacial score (nSPS) is 11.9. The maximum Gasteiger partial charge on any atom is 0.307 e. The van der Waals surface area contributed by atoms with Crippen LogP contribution in [0, 0.1) is 5.92 Å². The highest BCUT2D eigenvalue weighted by Crippen LogP contribution is 1.99. The van der Waals surface area contributed by atoms with Gasteiger partial charge in [-0.05, 0) is 6.42 Å². The van der Waals surface area contributed by atoms with E-state index in [1.54, 1.807) is 0 Å². The summed E-state index contributed by atoms with van der Waals surface area (Å²) in [6.07, 6.45) is 0.907. The number of carbonyl (C=O) groups is 2. The Morgan fingerprint density at radius 1 is 1.50 bits per heavy atom. The Bertz CT molecular complexity index is 190. The number of ether oxygens (including phenoxy) is 1. The first-order valence-electron chi connectivity index (χ1n) is 4.70. The zero-order valence-electron chi connectivity index (χ0n) is 8.71. The van der Waals surface area contributed by atoms with E-state index in [0.29, 0.717) is 19.5 Å². The van der Waals surface area contributed by atoms with Gasteiger partial charge in [0.1, 0.15) is 0 Å². The molecule has 0 aromatic carbocycles. The average Bonchev–Trinajstić information content (AvgIpc) is 2.19. The van der Waals surface area contributed by atoms with Gasteiger partial charge in [-0.3, -0.25) is 9.59 Å². The van der Waals surface area contributed by atoms with Crippen LogP contribution in [0.5, 0.6) is 0 Å². The fourth-order valence-corrected chi connectivity index (χ4v) is 0.993. The third kappa shape index (κ3) is 4.81. The summed E-state index contributed by atoms with van der Waals surface area (Å²) in [6, 6.07) is 0. The molecule has 0 aromatic heterocycles. The van der Waals surface area contributed by atoms with E-state index in [0.717, 1.165) is 0 Å². The van der Waals surface area contributed by atoms with E-state index in [9.17, 15) is 9.59 Å². The molecule has 1 atom stereocenters. The Balaban J connectivity index is 3.67. The predicted molar refractivity (Wildman–Crippen MR) is 52.5 cm³/mol. The van der Waals surface area contributed by atoms with Crippen molar-refractivity contribution in [3.63, 3.8) is 0 Å². The number of methoxy groups -OCH3 is 1. The lowest BCUT2D eigenvalue weighted by molar-refractivity contribution is -0.140. The van der Waals surface area contributed by atoms with Crippen LogP contribution in [0.25, 0.3) is 0 Å². The molecule has 0 bridgehead atoms. The van der Waals surface area contributed by atoms with Gasteiger partial charge in [-0.2, -0.15) is 0 Å². The second-order valence-electron chi connectivity index (χ2n) is 2.96. The third-order valence-electron chi connectivity index (χ3n) is 2.00. The van der Waals surface area contributed by atoms with Gasteiger partial charge >= 0.3 is 5.97 Å². The second-order valence-corrected chi connectivity index (χ2v) is 2.96. The fraction of sp³-hybridized carbons (Fsp3) is 0.778. The standard InChI is InChI=1S/C9H18N2O3/c1-3-7(6-10)9(13)11-5-4-8(12)14-2/h7H,3-6,10H2,1-2H3,(H,11,13). The van der Waals surface area contributed by atoms with Crippen LogP contribution < -0.4 is 11.1 Å². The summed E-state index contributed by atoms with van der Waals surface area (Å²) in [5, 5.41) is 2.63. The minimum absolute atomic E-state index is 0.0982. The zero-order valence-corrected chi connectivity index (χ0v) is 8.71. The molecule has 0 spiro atoms. The number of hydrogen-bond acceptors (Lipinski definition) is 4. The first-order valence-corrected chi connectivity index (χ1v) is 4.70. The van der Waals surface area contributed by atoms with Crippen molar-refractivity contribution in [1.29, 1.82) is 0 Å². The SMILES string of the molecule is CCC(CN)C(=O)NCCC(=O)OC. The van der Waals surface area contributed by atoms with Crippen molar-refractivity contribution in [2.75, 3.05) is 20.2 Å². The third-order valence-corrected chi connectivity index (χ3v) is 2.00. The van der Waals surface area contributed by atoms with Crippen LogP contribution in [0.1, 0.15) is 19.8 Å². The Hall–Kier alpha value is -1.10. The Kier molecular flexibility index (Phi) is 6.74. The van der Waals surface area contributed by atoms with Crippen molar-refractivity contribution in [3.05, 3.63) is 0 Å². The van der Waals surface area contributed by atoms with Crippen LogP contribution in [0.2, 0.25) is 0 Å². The summed E-state index contributed by atoms with van der Waals surface area (Å²) >= 11 is 0. The largest absolute Gasteiger partial charge is 0.469 e. The van der Waals surface area contributed by atoms with Crippen LogP contribution in [-0.4, -0.2) is 32.1 Å². The molecule has 0 fully saturated rings. The van der Waals surface area contributed by atoms with Crippen molar-refractivity contribution in [2.24, 2.45) is 11.7 Å². The van der Waals surface area contributed by atoms with Crippen molar-refractivity contribution >= 4 is 11.9 Å². The smallest absolute Gasteiger partial charge is 0.307 e. The number of esters is 1. The quantitative estimate of drug-likeness (QED) is 0.577. The van der Waals surface area contributed by atoms with E-state index in [4.69, 9.17) is 5.73 Å². The van der Waals surface area contributed by atoms with Crippen molar-refractivity contribution in [1.82, 2.24) is 5.32 Å². The molecule has 0 rings (SSSR count). The van der Waals surface area contributed by atoms with E-state index in [1.165, 1.54) is 7.11 Å². The Morgan fingerprint density at radius 3 is 2.57 bits per heavy atom. The highest BCUT2D eigenvalue weighted by molar-refractivity contribution is 5.79. The molecule has 5 nitrogen and oxygen atoms in total. The molecule has 3 N–H and O–H groups in total. The molecule has 14 heavy (non-hydrogen) atoms. The van der Waals surface area contributed by atoms with Gasteiger partial charge in [0.2, 0.25) is 5.91 Å². The van der Waals surface area contributed by atoms with Crippen molar-refractivity contribution < 1.29 is 14.3 Å². The lowest BCUT2D eigenvalue weighted by atomic mass is 10.1. The van der Waals surface area contributed by atoms with Gasteiger partial charge in [0.05, 0.1) is 13.5 Å². The molecule has 1 amide bonds. The lowest BCUT2D eigenvalue weighted by Crippen LogP contribution is -2.35. The molecular formula is C9H18N2O3. The molecule has 0 saturated heterocycles. The van der Waals surface area contributed by atoms with Crippen LogP contribution in [0.4, 0.5) is 0 Å². The summed E-state index contributed by atoms with van der Waals surface area (Å²) in [7, 11) is 1.32. The number of rotatable bonds is 6. The van der Waals surface area contributed by atoms with Gasteiger partial charge in [-0.25, -0.2) is 0 Å². The van der Waals surface area contributed by atoms with Crippen molar-refractivity contribution in [3.8, 4) is 0 Å². The number of carbonyl (C=O) groups excluding carboxylic acids is 2. The molecule has 0 aliphatic carbocycles. The van der Waals surface area contributed by atoms with E-state index in [1.807, 2.05) is 6.92 Å². The van der Waals surface area contributed by atoms with Crippen LogP contribution in [0.15, 0.2) is 0 Å². The van der Waals surface area contributed by atoms with Crippen LogP contribution in [-0.2, 0) is 14.3 Å². The van der Waals surface area contributed by atoms with Crippen molar-refractivity contribution in [2.45, 2.75) is 19.8 Å². The summed E-state index contributed by atoms with van der Waals surface area (Å²) in [4.78, 5) is 22.0. The molecule has 0 radical (unpaired) electrons. The highest BCUT2D eigenvalue weighted by Gasteiger charge is 2.13. The van der Waals surface area contributed by atoms with E-state index in [2.05, 4.69) is 10.1 Å². The van der Waals surface area contributed by atoms with Gasteiger partial charge < -0.3 is 15.8 Å². The molecule has 1 unspecified atom stereocenters. The maximum atomic E-state index is 11.3. The summed E-state index contributed by atoms with van der Waals surface area (Å²) in [6.45, 7) is 2.54. The fourth-order valence-electron chi connectivity index (χ4n) is 0.993. The van der Waals surface area contributed by atoms with E-state index in [-0.39, 0.29) is 24.2 Å². The summed E-state index contributed by atoms with van der Waals surface area (Å²) < 4.78 is 4.43. The van der Waals surface area contributed by atoms with Crippen LogP contribution >= 0.6 is 0 Å². The molecule has 0 aliphatic rings. The Morgan fingerprint density at radius 2 is 2.14 bits per heavy atom. The minimum Gasteiger partial charge on any atom is -0.469 e. The molecule has 0 aromatic rings. The molecule has 0 saturated carbocycles. The molecule has 0 heterocycles. The molecule has 0 aliphatic heterocycles. The number of hydrogen-bond donors (Lipinski definition) is 2. The van der Waals surface area contributed by atoms with E-state index < -0.39 is 0 Å². The number of amides is 1. The molecule has 5 heteroatoms. The first kappa shape index (κ1) is 12.9.